The van der Waals surface area contributed by atoms with Crippen LogP contribution < -0.4 is 10.6 Å². The molecule has 1 aliphatic heterocycles. The number of likely N-dealkylation sites (tertiary alicyclic amines) is 1. The van der Waals surface area contributed by atoms with Gasteiger partial charge in [-0.3, -0.25) is 14.0 Å². The first-order chi connectivity index (χ1) is 15.7. The Kier molecular flexibility index (Phi) is 5.52. The van der Waals surface area contributed by atoms with Crippen molar-refractivity contribution in [2.45, 2.75) is 24.8 Å². The lowest BCUT2D eigenvalue weighted by atomic mass is 9.82. The summed E-state index contributed by atoms with van der Waals surface area (Å²) in [4.78, 5) is 11.9. The van der Waals surface area contributed by atoms with Crippen LogP contribution in [0.4, 0.5) is 0 Å². The second-order valence-corrected chi connectivity index (χ2v) is 9.05. The highest BCUT2D eigenvalue weighted by atomic mass is 15.4. The van der Waals surface area contributed by atoms with Gasteiger partial charge in [-0.15, -0.1) is 0 Å². The molecular formula is C23H31N9. The molecule has 1 aliphatic carbocycles. The highest BCUT2D eigenvalue weighted by molar-refractivity contribution is 6.07. The molecule has 3 aromatic heterocycles. The van der Waals surface area contributed by atoms with Crippen LogP contribution in [-0.4, -0.2) is 75.5 Å². The second kappa shape index (κ2) is 8.48. The number of likely N-dealkylation sites (N-methyl/N-ethyl adjacent to an activating group) is 1. The number of hydrogen-bond acceptors (Lipinski definition) is 7. The highest BCUT2D eigenvalue weighted by Crippen LogP contribution is 2.34. The van der Waals surface area contributed by atoms with Crippen molar-refractivity contribution in [3.63, 3.8) is 0 Å². The Morgan fingerprint density at radius 3 is 2.84 bits per heavy atom. The van der Waals surface area contributed by atoms with E-state index in [1.165, 1.54) is 32.0 Å². The Labute approximate surface area is 188 Å². The van der Waals surface area contributed by atoms with Gasteiger partial charge in [0.2, 0.25) is 0 Å². The van der Waals surface area contributed by atoms with Crippen LogP contribution in [0.3, 0.4) is 0 Å². The predicted molar refractivity (Wildman–Crippen MR) is 126 cm³/mol. The number of rotatable bonds is 9. The lowest BCUT2D eigenvalue weighted by molar-refractivity contribution is -0.0146. The van der Waals surface area contributed by atoms with Gasteiger partial charge in [0.25, 0.3) is 0 Å². The molecule has 0 aromatic carbocycles. The average molecular weight is 434 g/mol. The van der Waals surface area contributed by atoms with Gasteiger partial charge in [-0.25, -0.2) is 9.97 Å². The first-order valence-electron chi connectivity index (χ1n) is 11.3. The summed E-state index contributed by atoms with van der Waals surface area (Å²) in [6.45, 7) is 4.12. The molecule has 3 aromatic rings. The van der Waals surface area contributed by atoms with E-state index in [1.807, 2.05) is 37.0 Å². The van der Waals surface area contributed by atoms with Gasteiger partial charge in [0.05, 0.1) is 17.5 Å². The van der Waals surface area contributed by atoms with Crippen molar-refractivity contribution in [2.75, 3.05) is 40.3 Å². The Bertz CT molecular complexity index is 1130. The number of nitrogens with zero attached hydrogens (tertiary/aromatic N) is 6. The molecular weight excluding hydrogens is 402 g/mol. The molecule has 1 saturated carbocycles. The smallest absolute Gasteiger partial charge is 0.149 e. The zero-order chi connectivity index (χ0) is 22.1. The van der Waals surface area contributed by atoms with E-state index >= 15 is 0 Å². The molecule has 1 saturated heterocycles. The van der Waals surface area contributed by atoms with Crippen molar-refractivity contribution in [1.82, 2.24) is 39.7 Å². The fourth-order valence-corrected chi connectivity index (χ4v) is 4.94. The monoisotopic (exact) mass is 433 g/mol. The van der Waals surface area contributed by atoms with Gasteiger partial charge in [-0.2, -0.15) is 5.10 Å². The molecule has 5 rings (SSSR count). The van der Waals surface area contributed by atoms with Gasteiger partial charge < -0.3 is 16.0 Å². The molecule has 0 unspecified atom stereocenters. The standard InChI is InChI=1S/C23H31N9/c1-25-10-18(9-24)20-8-21-27-6-7-31(21)22(29-20)19-11-28-32(13-19)23(14-26-2)15-30(16-23)12-17-4-3-5-17/h6-11,13,17,24-26H,3-5,12,14-16H2,1-2H3/b18-10+,24-9?. The number of imidazole rings is 1. The SMILES string of the molecule is CN/C=C(\C=N)c1cc2nccn2c(-c2cnn(C3(CNC)CN(CC4CCC4)C3)c2)n1. The largest absolute Gasteiger partial charge is 0.393 e. The molecule has 2 fully saturated rings. The third-order valence-corrected chi connectivity index (χ3v) is 6.75. The molecule has 9 nitrogen and oxygen atoms in total. The van der Waals surface area contributed by atoms with Crippen molar-refractivity contribution >= 4 is 17.4 Å². The summed E-state index contributed by atoms with van der Waals surface area (Å²) in [5.41, 5.74) is 3.10. The molecule has 0 radical (unpaired) electrons. The van der Waals surface area contributed by atoms with Crippen LogP contribution in [-0.2, 0) is 5.54 Å². The van der Waals surface area contributed by atoms with Gasteiger partial charge >= 0.3 is 0 Å². The van der Waals surface area contributed by atoms with Crippen molar-refractivity contribution in [3.05, 3.63) is 42.7 Å². The normalized spacial score (nSPS) is 19.0. The molecule has 4 heterocycles. The number of allylic oxidation sites excluding steroid dienone is 1. The average Bonchev–Trinajstić information content (AvgIpc) is 3.41. The van der Waals surface area contributed by atoms with Gasteiger partial charge in [-0.05, 0) is 25.8 Å². The summed E-state index contributed by atoms with van der Waals surface area (Å²) < 4.78 is 4.09. The zero-order valence-electron chi connectivity index (χ0n) is 18.8. The van der Waals surface area contributed by atoms with E-state index in [4.69, 9.17) is 15.5 Å². The molecule has 0 atom stereocenters. The Balaban J connectivity index is 1.46. The van der Waals surface area contributed by atoms with Crippen molar-refractivity contribution < 1.29 is 0 Å². The molecule has 0 bridgehead atoms. The first-order valence-corrected chi connectivity index (χ1v) is 11.3. The van der Waals surface area contributed by atoms with E-state index in [9.17, 15) is 0 Å². The number of nitrogens with one attached hydrogen (secondary N) is 3. The third-order valence-electron chi connectivity index (χ3n) is 6.75. The summed E-state index contributed by atoms with van der Waals surface area (Å²) in [7, 11) is 3.82. The maximum Gasteiger partial charge on any atom is 0.149 e. The van der Waals surface area contributed by atoms with Crippen LogP contribution >= 0.6 is 0 Å². The zero-order valence-corrected chi connectivity index (χ0v) is 18.8. The van der Waals surface area contributed by atoms with E-state index in [0.717, 1.165) is 42.6 Å². The summed E-state index contributed by atoms with van der Waals surface area (Å²) in [5.74, 6) is 1.65. The Hall–Kier alpha value is -3.04. The molecule has 32 heavy (non-hydrogen) atoms. The summed E-state index contributed by atoms with van der Waals surface area (Å²) in [6, 6.07) is 1.90. The van der Waals surface area contributed by atoms with E-state index < -0.39 is 0 Å². The third kappa shape index (κ3) is 3.61. The Morgan fingerprint density at radius 2 is 2.16 bits per heavy atom. The van der Waals surface area contributed by atoms with E-state index in [2.05, 4.69) is 31.4 Å². The Morgan fingerprint density at radius 1 is 1.31 bits per heavy atom. The molecule has 168 valence electrons. The maximum atomic E-state index is 7.77. The van der Waals surface area contributed by atoms with Crippen molar-refractivity contribution in [1.29, 1.82) is 5.41 Å². The molecule has 0 amide bonds. The van der Waals surface area contributed by atoms with Gasteiger partial charge in [0, 0.05) is 75.9 Å². The number of hydrogen-bond donors (Lipinski definition) is 3. The molecule has 3 N–H and O–H groups in total. The van der Waals surface area contributed by atoms with E-state index in [-0.39, 0.29) is 5.54 Å². The lowest BCUT2D eigenvalue weighted by Crippen LogP contribution is -2.67. The van der Waals surface area contributed by atoms with Crippen LogP contribution in [0.25, 0.3) is 22.6 Å². The minimum Gasteiger partial charge on any atom is -0.393 e. The van der Waals surface area contributed by atoms with E-state index in [0.29, 0.717) is 11.3 Å². The van der Waals surface area contributed by atoms with Crippen LogP contribution in [0, 0.1) is 11.3 Å². The van der Waals surface area contributed by atoms with Crippen molar-refractivity contribution in [2.24, 2.45) is 5.92 Å². The van der Waals surface area contributed by atoms with Gasteiger partial charge in [0.1, 0.15) is 17.0 Å². The highest BCUT2D eigenvalue weighted by Gasteiger charge is 2.45. The topological polar surface area (TPSA) is 99.2 Å². The first kappa shape index (κ1) is 20.8. The number of fused-ring (bicyclic) bond motifs is 1. The van der Waals surface area contributed by atoms with Gasteiger partial charge in [-0.1, -0.05) is 6.42 Å². The van der Waals surface area contributed by atoms with Crippen LogP contribution in [0.2, 0.25) is 0 Å². The predicted octanol–water partition coefficient (Wildman–Crippen LogP) is 1.83. The summed E-state index contributed by atoms with van der Waals surface area (Å²) >= 11 is 0. The lowest BCUT2D eigenvalue weighted by Gasteiger charge is -2.52. The quantitative estimate of drug-likeness (QED) is 0.445. The minimum absolute atomic E-state index is 0.0332. The summed E-state index contributed by atoms with van der Waals surface area (Å²) in [5, 5.41) is 18.9. The fraction of sp³-hybridized carbons (Fsp3) is 0.478. The van der Waals surface area contributed by atoms with Crippen LogP contribution in [0.15, 0.2) is 37.1 Å². The summed E-state index contributed by atoms with van der Waals surface area (Å²) in [6.07, 6.45) is 14.9. The molecule has 2 aliphatic rings. The molecule has 0 spiro atoms. The van der Waals surface area contributed by atoms with Gasteiger partial charge in [0.15, 0.2) is 0 Å². The van der Waals surface area contributed by atoms with E-state index in [1.54, 1.807) is 12.4 Å². The van der Waals surface area contributed by atoms with Crippen LogP contribution in [0.1, 0.15) is 25.0 Å². The maximum absolute atomic E-state index is 7.77. The van der Waals surface area contributed by atoms with Crippen LogP contribution in [0.5, 0.6) is 0 Å². The fourth-order valence-electron chi connectivity index (χ4n) is 4.94. The molecule has 9 heteroatoms. The minimum atomic E-state index is -0.0332. The van der Waals surface area contributed by atoms with Crippen molar-refractivity contribution in [3.8, 4) is 11.4 Å². The number of aromatic nitrogens is 5. The second-order valence-electron chi connectivity index (χ2n) is 9.05.